The molecule has 2 N–H and O–H groups in total. The monoisotopic (exact) mass is 699 g/mol. The molecular weight excluding hydrogens is 654 g/mol. The number of aliphatic hydroxyl groups excluding tert-OH is 1. The minimum atomic E-state index is -0.591. The van der Waals surface area contributed by atoms with Crippen LogP contribution in [0.4, 0.5) is 0 Å². The van der Waals surface area contributed by atoms with Crippen LogP contribution in [0.2, 0.25) is 0 Å². The fourth-order valence-electron chi connectivity index (χ4n) is 7.19. The Morgan fingerprint density at radius 2 is 1.62 bits per heavy atom. The van der Waals surface area contributed by atoms with Crippen LogP contribution in [0.25, 0.3) is 11.1 Å². The minimum Gasteiger partial charge on any atom is -0.493 e. The average molecular weight is 700 g/mol. The average Bonchev–Trinajstić information content (AvgIpc) is 3.20. The fraction of sp³-hybridized carbons (Fsp3) is 0.302. The van der Waals surface area contributed by atoms with Crippen molar-refractivity contribution in [3.05, 3.63) is 148 Å². The Balaban J connectivity index is 1.12. The molecule has 0 bridgehead atoms. The molecule has 2 aliphatic rings. The van der Waals surface area contributed by atoms with Crippen molar-refractivity contribution in [2.75, 3.05) is 27.3 Å². The van der Waals surface area contributed by atoms with Crippen LogP contribution in [0.3, 0.4) is 0 Å². The number of aliphatic hydroxyl groups is 1. The van der Waals surface area contributed by atoms with Crippen LogP contribution in [0, 0.1) is 5.92 Å². The van der Waals surface area contributed by atoms with E-state index in [1.165, 1.54) is 11.1 Å². The molecule has 4 atom stereocenters. The van der Waals surface area contributed by atoms with Gasteiger partial charge in [0.2, 0.25) is 0 Å². The molecule has 0 aliphatic carbocycles. The van der Waals surface area contributed by atoms with Crippen molar-refractivity contribution in [3.63, 3.8) is 0 Å². The van der Waals surface area contributed by atoms with Crippen LogP contribution in [-0.2, 0) is 35.6 Å². The molecule has 0 unspecified atom stereocenters. The zero-order chi connectivity index (χ0) is 36.0. The molecule has 2 aliphatic heterocycles. The molecule has 0 spiro atoms. The van der Waals surface area contributed by atoms with E-state index in [4.69, 9.17) is 18.9 Å². The maximum atomic E-state index is 12.6. The number of hydrogen-bond acceptors (Lipinski definition) is 8. The summed E-state index contributed by atoms with van der Waals surface area (Å²) in [5, 5.41) is 12.7. The highest BCUT2D eigenvalue weighted by Crippen LogP contribution is 2.43. The van der Waals surface area contributed by atoms with Crippen LogP contribution in [-0.4, -0.2) is 54.3 Å². The number of fused-ring (bicyclic) bond motifs is 1. The first-order valence-corrected chi connectivity index (χ1v) is 17.8. The van der Waals surface area contributed by atoms with Gasteiger partial charge in [-0.2, -0.15) is 0 Å². The number of pyridine rings is 1. The lowest BCUT2D eigenvalue weighted by molar-refractivity contribution is -0.276. The van der Waals surface area contributed by atoms with Gasteiger partial charge in [0, 0.05) is 50.1 Å². The highest BCUT2D eigenvalue weighted by atomic mass is 16.7. The van der Waals surface area contributed by atoms with E-state index in [-0.39, 0.29) is 30.6 Å². The molecule has 9 nitrogen and oxygen atoms in total. The van der Waals surface area contributed by atoms with E-state index in [1.807, 2.05) is 30.3 Å². The molecule has 1 amide bonds. The van der Waals surface area contributed by atoms with Gasteiger partial charge in [0.15, 0.2) is 17.8 Å². The Morgan fingerprint density at radius 1 is 0.865 bits per heavy atom. The largest absolute Gasteiger partial charge is 0.493 e. The first-order valence-electron chi connectivity index (χ1n) is 17.8. The predicted octanol–water partition coefficient (Wildman–Crippen LogP) is 7.04. The number of ether oxygens (including phenoxy) is 4. The van der Waals surface area contributed by atoms with Crippen molar-refractivity contribution in [2.24, 2.45) is 5.92 Å². The number of rotatable bonds is 11. The predicted molar refractivity (Wildman–Crippen MR) is 199 cm³/mol. The van der Waals surface area contributed by atoms with Gasteiger partial charge < -0.3 is 29.4 Å². The van der Waals surface area contributed by atoms with Crippen molar-refractivity contribution < 1.29 is 28.8 Å². The molecule has 1 aromatic heterocycles. The second-order valence-electron chi connectivity index (χ2n) is 13.5. The summed E-state index contributed by atoms with van der Waals surface area (Å²) in [5.74, 6) is 1.40. The smallest absolute Gasteiger partial charge is 0.253 e. The molecule has 1 fully saturated rings. The van der Waals surface area contributed by atoms with E-state index in [1.54, 1.807) is 38.7 Å². The molecule has 0 saturated carbocycles. The summed E-state index contributed by atoms with van der Waals surface area (Å²) in [7, 11) is 3.35. The second-order valence-corrected chi connectivity index (χ2v) is 13.5. The lowest BCUT2D eigenvalue weighted by atomic mass is 9.89. The maximum absolute atomic E-state index is 12.6. The Bertz CT molecular complexity index is 1990. The summed E-state index contributed by atoms with van der Waals surface area (Å²) in [6.45, 7) is 5.03. The number of hydrogen-bond donors (Lipinski definition) is 2. The summed E-state index contributed by atoms with van der Waals surface area (Å²) >= 11 is 0. The Hall–Kier alpha value is -5.06. The van der Waals surface area contributed by atoms with Crippen molar-refractivity contribution in [1.82, 2.24) is 15.2 Å². The van der Waals surface area contributed by atoms with Crippen molar-refractivity contribution >= 4 is 5.91 Å². The first-order chi connectivity index (χ1) is 25.4. The van der Waals surface area contributed by atoms with Crippen LogP contribution >= 0.6 is 0 Å². The molecule has 4 aromatic carbocycles. The molecule has 9 heteroatoms. The third-order valence-corrected chi connectivity index (χ3v) is 10.2. The fourth-order valence-corrected chi connectivity index (χ4v) is 7.19. The van der Waals surface area contributed by atoms with Crippen LogP contribution in [0.5, 0.6) is 11.5 Å². The van der Waals surface area contributed by atoms with Gasteiger partial charge in [-0.05, 0) is 81.8 Å². The topological polar surface area (TPSA) is 102 Å². The van der Waals surface area contributed by atoms with Gasteiger partial charge >= 0.3 is 0 Å². The number of methoxy groups -OCH3 is 2. The number of carbonyl (C=O) groups excluding carboxylic acids is 1. The van der Waals surface area contributed by atoms with E-state index >= 15 is 0 Å². The van der Waals surface area contributed by atoms with Crippen LogP contribution in [0.15, 0.2) is 109 Å². The zero-order valence-corrected chi connectivity index (χ0v) is 29.8. The summed E-state index contributed by atoms with van der Waals surface area (Å²) in [4.78, 5) is 19.1. The summed E-state index contributed by atoms with van der Waals surface area (Å²) in [5.41, 5.74) is 8.96. The molecule has 0 radical (unpaired) electrons. The third kappa shape index (κ3) is 7.88. The molecule has 1 saturated heterocycles. The van der Waals surface area contributed by atoms with Gasteiger partial charge in [-0.3, -0.25) is 14.7 Å². The minimum absolute atomic E-state index is 0.00627. The maximum Gasteiger partial charge on any atom is 0.253 e. The van der Waals surface area contributed by atoms with E-state index in [0.717, 1.165) is 70.9 Å². The van der Waals surface area contributed by atoms with Crippen molar-refractivity contribution in [1.29, 1.82) is 0 Å². The van der Waals surface area contributed by atoms with Gasteiger partial charge in [0.05, 0.1) is 38.6 Å². The standard InChI is InChI=1S/C43H45N3O6/c1-28-40(26-46-18-16-34-21-38(49-2)39(50-3)22-37(34)25-46)51-43(52-41(28)31-14-12-29(27-47)13-15-31)35-10-5-9-33(20-35)32-8-4-7-30(19-32)23-45-42(48)36-11-6-17-44-24-36/h4-15,17,19-22,24,28,40-41,43,47H,16,18,23,25-27H2,1-3H3,(H,45,48)/t28-,40+,41+,43+/m0/s1. The van der Waals surface area contributed by atoms with E-state index in [0.29, 0.717) is 12.1 Å². The SMILES string of the molecule is COc1cc2c(cc1OC)CN(C[C@H]1O[C@@H](c3cccc(-c4cccc(CNC(=O)c5cccnc5)c4)c3)O[C@@H](c3ccc(CO)cc3)[C@H]1C)CC2. The first kappa shape index (κ1) is 35.3. The number of nitrogens with one attached hydrogen (secondary N) is 1. The number of carbonyl (C=O) groups is 1. The third-order valence-electron chi connectivity index (χ3n) is 10.2. The van der Waals surface area contributed by atoms with Gasteiger partial charge in [-0.1, -0.05) is 67.6 Å². The molecule has 5 aromatic rings. The lowest BCUT2D eigenvalue weighted by Gasteiger charge is -2.43. The Labute approximate surface area is 305 Å². The molecular formula is C43H45N3O6. The summed E-state index contributed by atoms with van der Waals surface area (Å²) < 4.78 is 24.9. The zero-order valence-electron chi connectivity index (χ0n) is 29.8. The summed E-state index contributed by atoms with van der Waals surface area (Å²) in [6.07, 6.45) is 3.21. The second kappa shape index (κ2) is 16.1. The van der Waals surface area contributed by atoms with Crippen molar-refractivity contribution in [2.45, 2.75) is 51.5 Å². The number of benzene rings is 4. The number of aromatic nitrogens is 1. The van der Waals surface area contributed by atoms with Crippen molar-refractivity contribution in [3.8, 4) is 22.6 Å². The van der Waals surface area contributed by atoms with Crippen LogP contribution < -0.4 is 14.8 Å². The lowest BCUT2D eigenvalue weighted by Crippen LogP contribution is -2.45. The number of amides is 1. The van der Waals surface area contributed by atoms with Gasteiger partial charge in [0.1, 0.15) is 0 Å². The molecule has 7 rings (SSSR count). The van der Waals surface area contributed by atoms with E-state index in [2.05, 4.69) is 76.7 Å². The van der Waals surface area contributed by atoms with Gasteiger partial charge in [-0.25, -0.2) is 0 Å². The number of nitrogens with zero attached hydrogens (tertiary/aromatic N) is 2. The van der Waals surface area contributed by atoms with Gasteiger partial charge in [-0.15, -0.1) is 0 Å². The summed E-state index contributed by atoms with van der Waals surface area (Å²) in [6, 6.07) is 32.2. The van der Waals surface area contributed by atoms with Crippen LogP contribution in [0.1, 0.15) is 63.1 Å². The van der Waals surface area contributed by atoms with E-state index in [9.17, 15) is 9.90 Å². The molecule has 52 heavy (non-hydrogen) atoms. The Kier molecular flexibility index (Phi) is 10.9. The Morgan fingerprint density at radius 3 is 2.35 bits per heavy atom. The van der Waals surface area contributed by atoms with E-state index < -0.39 is 6.29 Å². The van der Waals surface area contributed by atoms with Gasteiger partial charge in [0.25, 0.3) is 5.91 Å². The molecule has 3 heterocycles. The molecule has 268 valence electrons. The highest BCUT2D eigenvalue weighted by Gasteiger charge is 2.39. The highest BCUT2D eigenvalue weighted by molar-refractivity contribution is 5.93. The normalized spacial score (nSPS) is 20.2. The quantitative estimate of drug-likeness (QED) is 0.152.